The van der Waals surface area contributed by atoms with Crippen LogP contribution in [0.2, 0.25) is 0 Å². The molecule has 2 aromatic carbocycles. The molecule has 1 aliphatic rings. The molecular formula is C22H24N2O5S. The molecule has 0 bridgehead atoms. The summed E-state index contributed by atoms with van der Waals surface area (Å²) in [4.78, 5) is 38.3. The van der Waals surface area contributed by atoms with E-state index in [2.05, 4.69) is 5.32 Å². The van der Waals surface area contributed by atoms with Gasteiger partial charge in [0.1, 0.15) is 17.5 Å². The second-order valence-electron chi connectivity index (χ2n) is 6.89. The first-order valence-corrected chi connectivity index (χ1v) is 10.5. The average molecular weight is 429 g/mol. The zero-order valence-corrected chi connectivity index (χ0v) is 17.4. The number of amides is 2. The Labute approximate surface area is 179 Å². The van der Waals surface area contributed by atoms with Crippen LogP contribution in [-0.2, 0) is 20.9 Å². The molecule has 3 rings (SSSR count). The fourth-order valence-corrected chi connectivity index (χ4v) is 4.39. The largest absolute Gasteiger partial charge is 0.457 e. The van der Waals surface area contributed by atoms with Crippen LogP contribution < -0.4 is 10.1 Å². The number of ether oxygens (including phenoxy) is 1. The van der Waals surface area contributed by atoms with E-state index >= 15 is 0 Å². The molecule has 1 fully saturated rings. The number of nitrogens with zero attached hydrogens (tertiary/aromatic N) is 1. The van der Waals surface area contributed by atoms with Gasteiger partial charge in [-0.25, -0.2) is 0 Å². The van der Waals surface area contributed by atoms with Gasteiger partial charge in [0.2, 0.25) is 11.8 Å². The second kappa shape index (κ2) is 10.3. The number of nitrogens with one attached hydrogen (secondary N) is 1. The molecule has 8 heteroatoms. The highest BCUT2D eigenvalue weighted by molar-refractivity contribution is 8.14. The predicted molar refractivity (Wildman–Crippen MR) is 114 cm³/mol. The summed E-state index contributed by atoms with van der Waals surface area (Å²) in [5.41, 5.74) is 0.845. The van der Waals surface area contributed by atoms with Crippen molar-refractivity contribution >= 4 is 28.7 Å². The van der Waals surface area contributed by atoms with Crippen molar-refractivity contribution in [2.75, 3.05) is 13.2 Å². The molecule has 1 saturated heterocycles. The lowest BCUT2D eigenvalue weighted by Crippen LogP contribution is -2.48. The summed E-state index contributed by atoms with van der Waals surface area (Å²) in [5, 5.41) is 11.0. The summed E-state index contributed by atoms with van der Waals surface area (Å²) in [6, 6.07) is 16.0. The first-order valence-electron chi connectivity index (χ1n) is 9.65. The minimum Gasteiger partial charge on any atom is -0.457 e. The Hall–Kier alpha value is -2.84. The van der Waals surface area contributed by atoms with Gasteiger partial charge in [-0.1, -0.05) is 42.1 Å². The Morgan fingerprint density at radius 1 is 1.13 bits per heavy atom. The summed E-state index contributed by atoms with van der Waals surface area (Å²) in [7, 11) is 0. The molecule has 2 N–H and O–H groups in total. The van der Waals surface area contributed by atoms with Gasteiger partial charge in [0.15, 0.2) is 5.12 Å². The van der Waals surface area contributed by atoms with Gasteiger partial charge >= 0.3 is 0 Å². The summed E-state index contributed by atoms with van der Waals surface area (Å²) in [5.74, 6) is 0.852. The van der Waals surface area contributed by atoms with Crippen molar-refractivity contribution in [1.29, 1.82) is 0 Å². The number of aliphatic hydroxyl groups excluding tert-OH is 1. The van der Waals surface area contributed by atoms with Gasteiger partial charge in [0.25, 0.3) is 0 Å². The molecule has 2 amide bonds. The van der Waals surface area contributed by atoms with Crippen LogP contribution in [0.5, 0.6) is 11.5 Å². The first-order chi connectivity index (χ1) is 14.5. The Bertz CT molecular complexity index is 888. The van der Waals surface area contributed by atoms with Crippen LogP contribution >= 0.6 is 11.8 Å². The first kappa shape index (κ1) is 21.9. The van der Waals surface area contributed by atoms with Crippen LogP contribution in [0, 0.1) is 0 Å². The number of para-hydroxylation sites is 1. The Kier molecular flexibility index (Phi) is 7.48. The zero-order valence-electron chi connectivity index (χ0n) is 16.6. The highest BCUT2D eigenvalue weighted by atomic mass is 32.2. The van der Waals surface area contributed by atoms with Crippen molar-refractivity contribution in [2.24, 2.45) is 0 Å². The molecule has 1 aliphatic heterocycles. The predicted octanol–water partition coefficient (Wildman–Crippen LogP) is 2.34. The summed E-state index contributed by atoms with van der Waals surface area (Å²) in [6.07, 6.45) is 0.122. The molecule has 0 unspecified atom stereocenters. The van der Waals surface area contributed by atoms with E-state index in [1.807, 2.05) is 54.6 Å². The molecule has 0 radical (unpaired) electrons. The lowest BCUT2D eigenvalue weighted by molar-refractivity contribution is -0.135. The zero-order chi connectivity index (χ0) is 21.5. The summed E-state index contributed by atoms with van der Waals surface area (Å²) in [6.45, 7) is 1.57. The monoisotopic (exact) mass is 428 g/mol. The number of hydrogen-bond acceptors (Lipinski definition) is 6. The van der Waals surface area contributed by atoms with Crippen LogP contribution in [0.15, 0.2) is 54.6 Å². The fraction of sp³-hybridized carbons (Fsp3) is 0.318. The van der Waals surface area contributed by atoms with Crippen molar-refractivity contribution in [3.63, 3.8) is 0 Å². The summed E-state index contributed by atoms with van der Waals surface area (Å²) >= 11 is 1.01. The van der Waals surface area contributed by atoms with Crippen molar-refractivity contribution in [3.05, 3.63) is 60.2 Å². The van der Waals surface area contributed by atoms with E-state index in [1.165, 1.54) is 11.8 Å². The average Bonchev–Trinajstić information content (AvgIpc) is 3.02. The lowest BCUT2D eigenvalue weighted by Gasteiger charge is -2.26. The minimum absolute atomic E-state index is 0.0976. The molecule has 158 valence electrons. The molecule has 0 saturated carbocycles. The molecule has 0 aromatic heterocycles. The number of benzene rings is 2. The van der Waals surface area contributed by atoms with Crippen molar-refractivity contribution in [1.82, 2.24) is 10.2 Å². The Morgan fingerprint density at radius 3 is 2.43 bits per heavy atom. The van der Waals surface area contributed by atoms with E-state index in [1.54, 1.807) is 0 Å². The molecule has 30 heavy (non-hydrogen) atoms. The number of likely N-dealkylation sites (tertiary alicyclic amines) is 1. The third kappa shape index (κ3) is 5.61. The Morgan fingerprint density at radius 2 is 1.80 bits per heavy atom. The van der Waals surface area contributed by atoms with Gasteiger partial charge < -0.3 is 20.1 Å². The highest BCUT2D eigenvalue weighted by Gasteiger charge is 2.44. The third-order valence-electron chi connectivity index (χ3n) is 4.64. The number of thioether (sulfide) groups is 1. The van der Waals surface area contributed by atoms with Crippen LogP contribution in [0.25, 0.3) is 0 Å². The topological polar surface area (TPSA) is 95.9 Å². The number of carbonyl (C=O) groups excluding carboxylic acids is 3. The van der Waals surface area contributed by atoms with E-state index in [0.29, 0.717) is 5.75 Å². The van der Waals surface area contributed by atoms with Gasteiger partial charge in [-0.15, -0.1) is 0 Å². The highest BCUT2D eigenvalue weighted by Crippen LogP contribution is 2.32. The van der Waals surface area contributed by atoms with Crippen molar-refractivity contribution in [3.8, 4) is 11.5 Å². The standard InChI is InChI=1S/C22H24N2O5S/c1-15(26)30-19-13-20(27)24(21(19)22(28)23-11-12-25)14-16-7-9-18(10-8-16)29-17-5-3-2-4-6-17/h2-10,19,21,25H,11-14H2,1H3,(H,23,28)/t19-,21-/m0/s1. The SMILES string of the molecule is CC(=O)S[C@H]1CC(=O)N(Cc2ccc(Oc3ccccc3)cc2)[C@@H]1C(=O)NCCO. The quantitative estimate of drug-likeness (QED) is 0.670. The van der Waals surface area contributed by atoms with Gasteiger partial charge in [0, 0.05) is 26.4 Å². The van der Waals surface area contributed by atoms with Gasteiger partial charge in [-0.2, -0.15) is 0 Å². The molecule has 0 aliphatic carbocycles. The molecule has 2 aromatic rings. The molecule has 7 nitrogen and oxygen atoms in total. The fourth-order valence-electron chi connectivity index (χ4n) is 3.34. The normalized spacial score (nSPS) is 18.3. The molecule has 0 spiro atoms. The maximum atomic E-state index is 12.6. The van der Waals surface area contributed by atoms with Gasteiger partial charge in [-0.05, 0) is 29.8 Å². The number of hydrogen-bond donors (Lipinski definition) is 2. The van der Waals surface area contributed by atoms with Crippen LogP contribution in [0.3, 0.4) is 0 Å². The molecule has 1 heterocycles. The maximum absolute atomic E-state index is 12.6. The number of aliphatic hydroxyl groups is 1. The van der Waals surface area contributed by atoms with Crippen LogP contribution in [0.1, 0.15) is 18.9 Å². The second-order valence-corrected chi connectivity index (χ2v) is 8.31. The summed E-state index contributed by atoms with van der Waals surface area (Å²) < 4.78 is 5.78. The Balaban J connectivity index is 1.72. The van der Waals surface area contributed by atoms with E-state index in [-0.39, 0.29) is 43.0 Å². The maximum Gasteiger partial charge on any atom is 0.244 e. The van der Waals surface area contributed by atoms with Crippen molar-refractivity contribution < 1.29 is 24.2 Å². The van der Waals surface area contributed by atoms with Gasteiger partial charge in [-0.3, -0.25) is 14.4 Å². The third-order valence-corrected chi connectivity index (χ3v) is 5.70. The molecule has 2 atom stereocenters. The van der Waals surface area contributed by atoms with Crippen LogP contribution in [0.4, 0.5) is 0 Å². The molecular weight excluding hydrogens is 404 g/mol. The lowest BCUT2D eigenvalue weighted by atomic mass is 10.1. The van der Waals surface area contributed by atoms with Crippen molar-refractivity contribution in [2.45, 2.75) is 31.2 Å². The van der Waals surface area contributed by atoms with E-state index < -0.39 is 11.3 Å². The van der Waals surface area contributed by atoms with Gasteiger partial charge in [0.05, 0.1) is 11.9 Å². The van der Waals surface area contributed by atoms with Crippen LogP contribution in [-0.4, -0.2) is 51.4 Å². The van der Waals surface area contributed by atoms with E-state index in [0.717, 1.165) is 23.1 Å². The minimum atomic E-state index is -0.766. The smallest absolute Gasteiger partial charge is 0.244 e. The number of rotatable bonds is 8. The van der Waals surface area contributed by atoms with E-state index in [9.17, 15) is 14.4 Å². The number of carbonyl (C=O) groups is 3. The van der Waals surface area contributed by atoms with E-state index in [4.69, 9.17) is 9.84 Å².